The van der Waals surface area contributed by atoms with Crippen LogP contribution in [0.1, 0.15) is 5.56 Å². The van der Waals surface area contributed by atoms with Gasteiger partial charge in [0.2, 0.25) is 0 Å². The number of benzene rings is 1. The van der Waals surface area contributed by atoms with Crippen LogP contribution >= 0.6 is 11.6 Å². The Bertz CT molecular complexity index is 540. The van der Waals surface area contributed by atoms with E-state index in [0.717, 1.165) is 6.08 Å². The number of hydrogen-bond donors (Lipinski definition) is 2. The Morgan fingerprint density at radius 1 is 1.32 bits per heavy atom. The maximum Gasteiger partial charge on any atom is 0.471 e. The van der Waals surface area contributed by atoms with E-state index in [0.29, 0.717) is 0 Å². The molecule has 1 amide bonds. The minimum atomic E-state index is -5.16. The van der Waals surface area contributed by atoms with Crippen molar-refractivity contribution >= 4 is 29.6 Å². The van der Waals surface area contributed by atoms with Gasteiger partial charge in [-0.2, -0.15) is 13.2 Å². The Morgan fingerprint density at radius 3 is 2.42 bits per heavy atom. The molecule has 0 fully saturated rings. The summed E-state index contributed by atoms with van der Waals surface area (Å²) in [5.74, 6) is -4.05. The Hall–Kier alpha value is -2.02. The van der Waals surface area contributed by atoms with Crippen molar-refractivity contribution in [1.82, 2.24) is 5.32 Å². The van der Waals surface area contributed by atoms with Gasteiger partial charge in [0, 0.05) is 5.02 Å². The number of carboxylic acid groups (broad SMARTS) is 1. The number of halogens is 4. The molecule has 0 aromatic heterocycles. The van der Waals surface area contributed by atoms with Gasteiger partial charge in [-0.3, -0.25) is 4.79 Å². The molecule has 8 heteroatoms. The van der Waals surface area contributed by atoms with Crippen molar-refractivity contribution in [3.05, 3.63) is 40.5 Å². The van der Waals surface area contributed by atoms with Crippen molar-refractivity contribution in [1.29, 1.82) is 0 Å². The second kappa shape index (κ2) is 5.75. The number of carboxylic acids is 1. The van der Waals surface area contributed by atoms with Crippen LogP contribution in [0.3, 0.4) is 0 Å². The Labute approximate surface area is 110 Å². The average Bonchev–Trinajstić information content (AvgIpc) is 2.26. The van der Waals surface area contributed by atoms with Crippen LogP contribution in [0.25, 0.3) is 6.08 Å². The molecular weight excluding hydrogens is 287 g/mol. The number of alkyl halides is 3. The predicted octanol–water partition coefficient (Wildman–Crippen LogP) is 2.44. The van der Waals surface area contributed by atoms with E-state index in [1.54, 1.807) is 0 Å². The highest BCUT2D eigenvalue weighted by Crippen LogP contribution is 2.17. The molecule has 0 saturated heterocycles. The first-order valence-electron chi connectivity index (χ1n) is 4.79. The number of carbonyl (C=O) groups is 2. The van der Waals surface area contributed by atoms with E-state index in [9.17, 15) is 22.8 Å². The van der Waals surface area contributed by atoms with E-state index >= 15 is 0 Å². The predicted molar refractivity (Wildman–Crippen MR) is 61.3 cm³/mol. The monoisotopic (exact) mass is 293 g/mol. The van der Waals surface area contributed by atoms with Crippen LogP contribution in [0.15, 0.2) is 30.0 Å². The summed E-state index contributed by atoms with van der Waals surface area (Å²) in [6.07, 6.45) is -4.29. The quantitative estimate of drug-likeness (QED) is 0.841. The molecule has 0 aliphatic carbocycles. The minimum Gasteiger partial charge on any atom is -0.477 e. The molecule has 4 nitrogen and oxygen atoms in total. The Kier molecular flexibility index (Phi) is 4.55. The van der Waals surface area contributed by atoms with Gasteiger partial charge in [0.15, 0.2) is 0 Å². The first-order valence-corrected chi connectivity index (χ1v) is 5.16. The van der Waals surface area contributed by atoms with Gasteiger partial charge in [0.25, 0.3) is 0 Å². The van der Waals surface area contributed by atoms with Crippen LogP contribution in [-0.2, 0) is 9.59 Å². The van der Waals surface area contributed by atoms with Crippen molar-refractivity contribution in [3.63, 3.8) is 0 Å². The summed E-state index contributed by atoms with van der Waals surface area (Å²) in [5, 5.41) is 10.3. The molecule has 102 valence electrons. The number of amides is 1. The summed E-state index contributed by atoms with van der Waals surface area (Å²) in [6, 6.07) is 5.76. The van der Waals surface area contributed by atoms with Crippen LogP contribution in [0.5, 0.6) is 0 Å². The van der Waals surface area contributed by atoms with E-state index < -0.39 is 23.7 Å². The number of nitrogens with one attached hydrogen (secondary N) is 1. The summed E-state index contributed by atoms with van der Waals surface area (Å²) in [6.45, 7) is 0. The molecule has 0 atom stereocenters. The molecule has 0 unspecified atom stereocenters. The highest BCUT2D eigenvalue weighted by molar-refractivity contribution is 6.30. The highest BCUT2D eigenvalue weighted by Gasteiger charge is 2.39. The SMILES string of the molecule is O=C(O)C(=Cc1cccc(Cl)c1)NC(=O)C(F)(F)F. The lowest BCUT2D eigenvalue weighted by molar-refractivity contribution is -0.173. The maximum atomic E-state index is 12.0. The topological polar surface area (TPSA) is 66.4 Å². The molecule has 1 rings (SSSR count). The zero-order valence-corrected chi connectivity index (χ0v) is 9.92. The van der Waals surface area contributed by atoms with Crippen LogP contribution in [0, 0.1) is 0 Å². The van der Waals surface area contributed by atoms with Crippen LogP contribution in [0.2, 0.25) is 5.02 Å². The smallest absolute Gasteiger partial charge is 0.471 e. The van der Waals surface area contributed by atoms with Crippen molar-refractivity contribution in [2.45, 2.75) is 6.18 Å². The summed E-state index contributed by atoms with van der Waals surface area (Å²) in [7, 11) is 0. The fourth-order valence-electron chi connectivity index (χ4n) is 1.11. The summed E-state index contributed by atoms with van der Waals surface area (Å²) >= 11 is 5.64. The van der Waals surface area contributed by atoms with Crippen molar-refractivity contribution in [3.8, 4) is 0 Å². The van der Waals surface area contributed by atoms with Gasteiger partial charge in [0.1, 0.15) is 5.70 Å². The number of hydrogen-bond acceptors (Lipinski definition) is 2. The van der Waals surface area contributed by atoms with Gasteiger partial charge in [-0.05, 0) is 23.8 Å². The third-order valence-electron chi connectivity index (χ3n) is 1.90. The molecule has 1 aromatic carbocycles. The molecule has 0 radical (unpaired) electrons. The van der Waals surface area contributed by atoms with Gasteiger partial charge in [-0.25, -0.2) is 4.79 Å². The van der Waals surface area contributed by atoms with Crippen molar-refractivity contribution in [2.24, 2.45) is 0 Å². The molecule has 19 heavy (non-hydrogen) atoms. The number of aliphatic carboxylic acids is 1. The lowest BCUT2D eigenvalue weighted by Crippen LogP contribution is -2.38. The van der Waals surface area contributed by atoms with Gasteiger partial charge in [-0.1, -0.05) is 23.7 Å². The standard InChI is InChI=1S/C11H7ClF3NO3/c12-7-3-1-2-6(4-7)5-8(9(17)18)16-10(19)11(13,14)15/h1-5H,(H,16,19)(H,17,18). The van der Waals surface area contributed by atoms with Crippen molar-refractivity contribution < 1.29 is 27.9 Å². The molecular formula is C11H7ClF3NO3. The largest absolute Gasteiger partial charge is 0.477 e. The lowest BCUT2D eigenvalue weighted by Gasteiger charge is -2.08. The van der Waals surface area contributed by atoms with E-state index in [1.165, 1.54) is 29.6 Å². The number of rotatable bonds is 3. The van der Waals surface area contributed by atoms with Gasteiger partial charge in [-0.15, -0.1) is 0 Å². The van der Waals surface area contributed by atoms with Crippen LogP contribution < -0.4 is 5.32 Å². The third-order valence-corrected chi connectivity index (χ3v) is 2.13. The van der Waals surface area contributed by atoms with E-state index in [2.05, 4.69) is 0 Å². The highest BCUT2D eigenvalue weighted by atomic mass is 35.5. The maximum absolute atomic E-state index is 12.0. The van der Waals surface area contributed by atoms with E-state index in [4.69, 9.17) is 16.7 Å². The van der Waals surface area contributed by atoms with Gasteiger partial charge >= 0.3 is 18.1 Å². The Balaban J connectivity index is 3.02. The first kappa shape index (κ1) is 15.0. The Morgan fingerprint density at radius 2 is 1.95 bits per heavy atom. The molecule has 2 N–H and O–H groups in total. The van der Waals surface area contributed by atoms with E-state index in [-0.39, 0.29) is 10.6 Å². The first-order chi connectivity index (χ1) is 8.70. The molecule has 0 heterocycles. The second-order valence-corrected chi connectivity index (χ2v) is 3.81. The zero-order chi connectivity index (χ0) is 14.6. The van der Waals surface area contributed by atoms with Crippen LogP contribution in [-0.4, -0.2) is 23.2 Å². The molecule has 0 spiro atoms. The summed E-state index contributed by atoms with van der Waals surface area (Å²) in [5.41, 5.74) is -0.656. The van der Waals surface area contributed by atoms with Crippen LogP contribution in [0.4, 0.5) is 13.2 Å². The normalized spacial score (nSPS) is 12.1. The number of carbonyl (C=O) groups excluding carboxylic acids is 1. The van der Waals surface area contributed by atoms with Gasteiger partial charge in [0.05, 0.1) is 0 Å². The fourth-order valence-corrected chi connectivity index (χ4v) is 1.31. The molecule has 0 saturated carbocycles. The zero-order valence-electron chi connectivity index (χ0n) is 9.16. The minimum absolute atomic E-state index is 0.243. The lowest BCUT2D eigenvalue weighted by atomic mass is 10.2. The third kappa shape index (κ3) is 4.63. The summed E-state index contributed by atoms with van der Waals surface area (Å²) in [4.78, 5) is 21.4. The molecule has 1 aromatic rings. The van der Waals surface area contributed by atoms with Gasteiger partial charge < -0.3 is 10.4 Å². The van der Waals surface area contributed by atoms with E-state index in [1.807, 2.05) is 0 Å². The molecule has 0 aliphatic rings. The van der Waals surface area contributed by atoms with Crippen molar-refractivity contribution in [2.75, 3.05) is 0 Å². The molecule has 0 bridgehead atoms. The molecule has 0 aliphatic heterocycles. The second-order valence-electron chi connectivity index (χ2n) is 3.37. The average molecular weight is 294 g/mol. The fraction of sp³-hybridized carbons (Fsp3) is 0.0909. The summed E-state index contributed by atoms with van der Waals surface area (Å²) < 4.78 is 36.1.